The molecule has 0 atom stereocenters. The number of benzene rings is 3. The molecule has 152 valence electrons. The second kappa shape index (κ2) is 8.43. The minimum atomic E-state index is -0.889. The van der Waals surface area contributed by atoms with E-state index < -0.39 is 5.97 Å². The molecule has 0 fully saturated rings. The van der Waals surface area contributed by atoms with Crippen molar-refractivity contribution < 1.29 is 19.1 Å². The van der Waals surface area contributed by atoms with E-state index >= 15 is 0 Å². The predicted molar refractivity (Wildman–Crippen MR) is 116 cm³/mol. The van der Waals surface area contributed by atoms with Crippen molar-refractivity contribution in [3.05, 3.63) is 89.2 Å². The van der Waals surface area contributed by atoms with E-state index in [4.69, 9.17) is 20.0 Å². The van der Waals surface area contributed by atoms with E-state index in [2.05, 4.69) is 24.3 Å². The highest BCUT2D eigenvalue weighted by molar-refractivity contribution is 5.89. The summed E-state index contributed by atoms with van der Waals surface area (Å²) >= 11 is 0. The summed E-state index contributed by atoms with van der Waals surface area (Å²) in [6.07, 6.45) is 1.63. The number of hydrogen-bond donors (Lipinski definition) is 2. The van der Waals surface area contributed by atoms with Crippen LogP contribution in [0.1, 0.15) is 22.3 Å². The van der Waals surface area contributed by atoms with Gasteiger partial charge in [0, 0.05) is 23.1 Å². The van der Waals surface area contributed by atoms with E-state index in [0.717, 1.165) is 38.8 Å². The van der Waals surface area contributed by atoms with Crippen molar-refractivity contribution in [2.45, 2.75) is 26.5 Å². The summed E-state index contributed by atoms with van der Waals surface area (Å²) < 4.78 is 11.8. The van der Waals surface area contributed by atoms with Gasteiger partial charge in [-0.2, -0.15) is 0 Å². The van der Waals surface area contributed by atoms with Crippen LogP contribution in [0.3, 0.4) is 0 Å². The monoisotopic (exact) mass is 401 g/mol. The maximum atomic E-state index is 11.1. The van der Waals surface area contributed by atoms with Crippen molar-refractivity contribution in [3.8, 4) is 16.9 Å². The van der Waals surface area contributed by atoms with Gasteiger partial charge in [0.2, 0.25) is 0 Å². The van der Waals surface area contributed by atoms with Gasteiger partial charge in [-0.25, -0.2) is 0 Å². The molecule has 5 nitrogen and oxygen atoms in total. The smallest absolute Gasteiger partial charge is 0.307 e. The fraction of sp³-hybridized carbons (Fsp3) is 0.160. The number of fused-ring (bicyclic) bond motifs is 1. The van der Waals surface area contributed by atoms with Crippen molar-refractivity contribution in [2.24, 2.45) is 5.73 Å². The van der Waals surface area contributed by atoms with E-state index in [0.29, 0.717) is 17.9 Å². The molecule has 30 heavy (non-hydrogen) atoms. The lowest BCUT2D eigenvalue weighted by Gasteiger charge is -2.10. The first kappa shape index (κ1) is 19.7. The number of aryl methyl sites for hydroxylation is 1. The van der Waals surface area contributed by atoms with Crippen molar-refractivity contribution in [3.63, 3.8) is 0 Å². The van der Waals surface area contributed by atoms with E-state index in [1.807, 2.05) is 31.2 Å². The molecule has 3 N–H and O–H groups in total. The first-order chi connectivity index (χ1) is 14.5. The van der Waals surface area contributed by atoms with Crippen molar-refractivity contribution in [2.75, 3.05) is 0 Å². The molecule has 0 saturated heterocycles. The zero-order valence-corrected chi connectivity index (χ0v) is 16.7. The van der Waals surface area contributed by atoms with Crippen LogP contribution in [0, 0.1) is 6.92 Å². The molecule has 3 aromatic carbocycles. The van der Waals surface area contributed by atoms with Crippen LogP contribution in [0.4, 0.5) is 0 Å². The number of para-hydroxylation sites is 1. The second-order valence-corrected chi connectivity index (χ2v) is 7.30. The second-order valence-electron chi connectivity index (χ2n) is 7.30. The predicted octanol–water partition coefficient (Wildman–Crippen LogP) is 5.07. The number of ether oxygens (including phenoxy) is 1. The molecule has 0 radical (unpaired) electrons. The molecule has 0 unspecified atom stereocenters. The number of carboxylic acid groups (broad SMARTS) is 1. The third-order valence-electron chi connectivity index (χ3n) is 5.13. The Morgan fingerprint density at radius 3 is 2.67 bits per heavy atom. The van der Waals surface area contributed by atoms with Crippen LogP contribution < -0.4 is 10.5 Å². The zero-order valence-electron chi connectivity index (χ0n) is 16.7. The molecular formula is C25H23NO4. The van der Waals surface area contributed by atoms with Crippen molar-refractivity contribution >= 4 is 16.9 Å². The third-order valence-corrected chi connectivity index (χ3v) is 5.13. The highest BCUT2D eigenvalue weighted by Gasteiger charge is 2.13. The van der Waals surface area contributed by atoms with Gasteiger partial charge < -0.3 is 20.0 Å². The number of hydrogen-bond acceptors (Lipinski definition) is 4. The summed E-state index contributed by atoms with van der Waals surface area (Å²) in [7, 11) is 0. The summed E-state index contributed by atoms with van der Waals surface area (Å²) in [5, 5.41) is 10.1. The maximum Gasteiger partial charge on any atom is 0.307 e. The lowest BCUT2D eigenvalue weighted by Crippen LogP contribution is -2.04. The minimum Gasteiger partial charge on any atom is -0.488 e. The van der Waals surface area contributed by atoms with Crippen molar-refractivity contribution in [1.29, 1.82) is 0 Å². The molecule has 0 spiro atoms. The Hall–Kier alpha value is -3.57. The number of carboxylic acids is 1. The standard InChI is InChI=1S/C25H23NO4/c1-16-9-20(18-7-4-5-17(10-18)13-26)11-22-21(15-30-25(16)22)14-29-23-8-3-2-6-19(23)12-24(27)28/h2-11,15H,12-14,26H2,1H3,(H,27,28). The SMILES string of the molecule is Cc1cc(-c2cccc(CN)c2)cc2c(COc3ccccc3CC(=O)O)coc12. The molecule has 0 bridgehead atoms. The van der Waals surface area contributed by atoms with Gasteiger partial charge in [0.15, 0.2) is 0 Å². The van der Waals surface area contributed by atoms with Gasteiger partial charge in [0.05, 0.1) is 12.7 Å². The molecule has 0 aliphatic heterocycles. The Labute approximate surface area is 174 Å². The molecule has 4 aromatic rings. The molecule has 0 aliphatic carbocycles. The Morgan fingerprint density at radius 2 is 1.87 bits per heavy atom. The van der Waals surface area contributed by atoms with E-state index in [1.165, 1.54) is 0 Å². The van der Waals surface area contributed by atoms with Gasteiger partial charge in [0.25, 0.3) is 0 Å². The van der Waals surface area contributed by atoms with Gasteiger partial charge in [-0.1, -0.05) is 36.4 Å². The highest BCUT2D eigenvalue weighted by Crippen LogP contribution is 2.32. The molecule has 4 rings (SSSR count). The van der Waals surface area contributed by atoms with Gasteiger partial charge in [-0.15, -0.1) is 0 Å². The lowest BCUT2D eigenvalue weighted by molar-refractivity contribution is -0.136. The molecule has 1 heterocycles. The maximum absolute atomic E-state index is 11.1. The largest absolute Gasteiger partial charge is 0.488 e. The Bertz CT molecular complexity index is 1210. The number of carbonyl (C=O) groups is 1. The fourth-order valence-corrected chi connectivity index (χ4v) is 3.63. The molecular weight excluding hydrogens is 378 g/mol. The Morgan fingerprint density at radius 1 is 1.03 bits per heavy atom. The van der Waals surface area contributed by atoms with Crippen LogP contribution in [0.2, 0.25) is 0 Å². The highest BCUT2D eigenvalue weighted by atomic mass is 16.5. The first-order valence-electron chi connectivity index (χ1n) is 9.77. The van der Waals surface area contributed by atoms with Gasteiger partial charge >= 0.3 is 5.97 Å². The topological polar surface area (TPSA) is 85.7 Å². The zero-order chi connectivity index (χ0) is 21.1. The van der Waals surface area contributed by atoms with Gasteiger partial charge in [0.1, 0.15) is 17.9 Å². The molecule has 0 aliphatic rings. The summed E-state index contributed by atoms with van der Waals surface area (Å²) in [5.74, 6) is -0.322. The third kappa shape index (κ3) is 4.07. The average molecular weight is 401 g/mol. The molecule has 0 amide bonds. The quantitative estimate of drug-likeness (QED) is 0.451. The van der Waals surface area contributed by atoms with Crippen LogP contribution in [-0.4, -0.2) is 11.1 Å². The minimum absolute atomic E-state index is 0.0803. The van der Waals surface area contributed by atoms with E-state index in [-0.39, 0.29) is 13.0 Å². The number of rotatable bonds is 7. The van der Waals surface area contributed by atoms with Gasteiger partial charge in [-0.3, -0.25) is 4.79 Å². The fourth-order valence-electron chi connectivity index (χ4n) is 3.63. The average Bonchev–Trinajstić information content (AvgIpc) is 3.16. The Kier molecular flexibility index (Phi) is 5.55. The normalized spacial score (nSPS) is 11.0. The lowest BCUT2D eigenvalue weighted by atomic mass is 9.98. The van der Waals surface area contributed by atoms with Crippen LogP contribution in [0.15, 0.2) is 71.3 Å². The van der Waals surface area contributed by atoms with E-state index in [9.17, 15) is 4.79 Å². The summed E-state index contributed by atoms with van der Waals surface area (Å²) in [6.45, 7) is 2.81. The van der Waals surface area contributed by atoms with Crippen LogP contribution >= 0.6 is 0 Å². The molecule has 0 saturated carbocycles. The summed E-state index contributed by atoms with van der Waals surface area (Å²) in [4.78, 5) is 11.1. The molecule has 1 aromatic heterocycles. The van der Waals surface area contributed by atoms with Crippen LogP contribution in [-0.2, 0) is 24.4 Å². The van der Waals surface area contributed by atoms with Crippen LogP contribution in [0.5, 0.6) is 5.75 Å². The number of nitrogens with two attached hydrogens (primary N) is 1. The number of furan rings is 1. The summed E-state index contributed by atoms with van der Waals surface area (Å²) in [5.41, 5.74) is 12.5. The Balaban J connectivity index is 1.66. The van der Waals surface area contributed by atoms with Crippen molar-refractivity contribution in [1.82, 2.24) is 0 Å². The first-order valence-corrected chi connectivity index (χ1v) is 9.77. The van der Waals surface area contributed by atoms with E-state index in [1.54, 1.807) is 18.4 Å². The van der Waals surface area contributed by atoms with Crippen LogP contribution in [0.25, 0.3) is 22.1 Å². The number of aliphatic carboxylic acids is 1. The molecule has 5 heteroatoms. The summed E-state index contributed by atoms with van der Waals surface area (Å²) in [6, 6.07) is 19.6. The van der Waals surface area contributed by atoms with Gasteiger partial charge in [-0.05, 0) is 53.4 Å².